The van der Waals surface area contributed by atoms with Crippen LogP contribution in [0.5, 0.6) is 5.75 Å². The van der Waals surface area contributed by atoms with Crippen LogP contribution in [0.2, 0.25) is 0 Å². The number of esters is 1. The van der Waals surface area contributed by atoms with Gasteiger partial charge in [0.2, 0.25) is 0 Å². The highest BCUT2D eigenvalue weighted by atomic mass is 16.6. The van der Waals surface area contributed by atoms with E-state index in [1.807, 2.05) is 0 Å². The highest BCUT2D eigenvalue weighted by molar-refractivity contribution is 5.91. The van der Waals surface area contributed by atoms with Crippen molar-refractivity contribution in [3.63, 3.8) is 0 Å². The van der Waals surface area contributed by atoms with E-state index in [9.17, 15) is 4.79 Å². The van der Waals surface area contributed by atoms with Crippen molar-refractivity contribution in [3.05, 3.63) is 23.8 Å². The second-order valence-corrected chi connectivity index (χ2v) is 5.73. The van der Waals surface area contributed by atoms with Crippen molar-refractivity contribution in [2.24, 2.45) is 0 Å². The lowest BCUT2D eigenvalue weighted by Crippen LogP contribution is -2.27. The van der Waals surface area contributed by atoms with Gasteiger partial charge in [-0.05, 0) is 37.7 Å². The van der Waals surface area contributed by atoms with Crippen LogP contribution < -0.4 is 10.5 Å². The van der Waals surface area contributed by atoms with Gasteiger partial charge in [0, 0.05) is 6.54 Å². The van der Waals surface area contributed by atoms with Crippen LogP contribution in [0, 0.1) is 0 Å². The number of unbranched alkanes of at least 4 members (excludes halogenated alkanes) is 1. The lowest BCUT2D eigenvalue weighted by molar-refractivity contribution is 0.0286. The van der Waals surface area contributed by atoms with Crippen molar-refractivity contribution in [1.29, 1.82) is 0 Å². The molecule has 6 nitrogen and oxygen atoms in total. The number of hydrogen-bond acceptors (Lipinski definition) is 6. The molecule has 0 fully saturated rings. The molecule has 0 atom stereocenters. The Kier molecular flexibility index (Phi) is 10.7. The summed E-state index contributed by atoms with van der Waals surface area (Å²) in [4.78, 5) is 14.3. The average Bonchev–Trinajstić information content (AvgIpc) is 2.62. The fourth-order valence-corrected chi connectivity index (χ4v) is 2.25. The Morgan fingerprint density at radius 1 is 1.08 bits per heavy atom. The highest BCUT2D eigenvalue weighted by Crippen LogP contribution is 2.23. The predicted octanol–water partition coefficient (Wildman–Crippen LogP) is 2.96. The highest BCUT2D eigenvalue weighted by Gasteiger charge is 2.10. The third kappa shape index (κ3) is 8.23. The van der Waals surface area contributed by atoms with Crippen LogP contribution in [0.25, 0.3) is 0 Å². The molecule has 0 aromatic heterocycles. The molecule has 6 heteroatoms. The summed E-state index contributed by atoms with van der Waals surface area (Å²) in [6.45, 7) is 11.1. The monoisotopic (exact) mass is 352 g/mol. The van der Waals surface area contributed by atoms with Gasteiger partial charge in [-0.15, -0.1) is 0 Å². The van der Waals surface area contributed by atoms with E-state index in [1.165, 1.54) is 0 Å². The first-order valence-corrected chi connectivity index (χ1v) is 9.11. The molecule has 1 aromatic carbocycles. The second kappa shape index (κ2) is 12.6. The summed E-state index contributed by atoms with van der Waals surface area (Å²) >= 11 is 0. The van der Waals surface area contributed by atoms with Gasteiger partial charge in [0.25, 0.3) is 0 Å². The molecule has 0 saturated heterocycles. The lowest BCUT2D eigenvalue weighted by atomic mass is 10.2. The molecule has 0 aliphatic rings. The standard InChI is InChI=1S/C19H32N2O4/c1-4-7-11-24-18-9-8-16(15-17(18)20)19(22)25-14-13-23-12-10-21(5-2)6-3/h8-9,15H,4-7,10-14,20H2,1-3H3. The van der Waals surface area contributed by atoms with E-state index >= 15 is 0 Å². The summed E-state index contributed by atoms with van der Waals surface area (Å²) in [5, 5.41) is 0. The van der Waals surface area contributed by atoms with Gasteiger partial charge in [0.1, 0.15) is 12.4 Å². The summed E-state index contributed by atoms with van der Waals surface area (Å²) in [7, 11) is 0. The van der Waals surface area contributed by atoms with E-state index < -0.39 is 5.97 Å². The Hall–Kier alpha value is -1.79. The number of carbonyl (C=O) groups excluding carboxylic acids is 1. The molecule has 0 amide bonds. The van der Waals surface area contributed by atoms with Crippen molar-refractivity contribution < 1.29 is 19.0 Å². The van der Waals surface area contributed by atoms with Gasteiger partial charge in [-0.2, -0.15) is 0 Å². The van der Waals surface area contributed by atoms with Crippen molar-refractivity contribution in [2.75, 3.05) is 51.8 Å². The molecule has 0 spiro atoms. The normalized spacial score (nSPS) is 10.9. The Morgan fingerprint density at radius 2 is 1.84 bits per heavy atom. The zero-order valence-electron chi connectivity index (χ0n) is 15.8. The molecule has 0 saturated carbocycles. The molecule has 1 aromatic rings. The SMILES string of the molecule is CCCCOc1ccc(C(=O)OCCOCCN(CC)CC)cc1N. The van der Waals surface area contributed by atoms with Gasteiger partial charge >= 0.3 is 5.97 Å². The minimum atomic E-state index is -0.404. The maximum Gasteiger partial charge on any atom is 0.338 e. The molecule has 0 aliphatic carbocycles. The van der Waals surface area contributed by atoms with E-state index in [2.05, 4.69) is 25.7 Å². The van der Waals surface area contributed by atoms with Crippen LogP contribution in [0.15, 0.2) is 18.2 Å². The van der Waals surface area contributed by atoms with Gasteiger partial charge in [-0.25, -0.2) is 4.79 Å². The molecule has 0 bridgehead atoms. The molecule has 25 heavy (non-hydrogen) atoms. The zero-order chi connectivity index (χ0) is 18.5. The Bertz CT molecular complexity index is 504. The summed E-state index contributed by atoms with van der Waals surface area (Å²) < 4.78 is 16.3. The first kappa shape index (κ1) is 21.3. The summed E-state index contributed by atoms with van der Waals surface area (Å²) in [5.74, 6) is 0.198. The van der Waals surface area contributed by atoms with E-state index in [1.54, 1.807) is 18.2 Å². The van der Waals surface area contributed by atoms with Crippen LogP contribution in [0.4, 0.5) is 5.69 Å². The van der Waals surface area contributed by atoms with Crippen molar-refractivity contribution in [3.8, 4) is 5.75 Å². The third-order valence-corrected chi connectivity index (χ3v) is 3.91. The van der Waals surface area contributed by atoms with E-state index in [0.29, 0.717) is 36.8 Å². The predicted molar refractivity (Wildman–Crippen MR) is 100 cm³/mol. The first-order valence-electron chi connectivity index (χ1n) is 9.11. The second-order valence-electron chi connectivity index (χ2n) is 5.73. The van der Waals surface area contributed by atoms with Crippen LogP contribution in [0.1, 0.15) is 44.0 Å². The molecule has 0 unspecified atom stereocenters. The van der Waals surface area contributed by atoms with Gasteiger partial charge < -0.3 is 24.8 Å². The Morgan fingerprint density at radius 3 is 2.48 bits per heavy atom. The number of nitrogen functional groups attached to an aromatic ring is 1. The topological polar surface area (TPSA) is 74.0 Å². The van der Waals surface area contributed by atoms with Gasteiger partial charge in [-0.1, -0.05) is 27.2 Å². The number of hydrogen-bond donors (Lipinski definition) is 1. The number of likely N-dealkylation sites (N-methyl/N-ethyl adjacent to an activating group) is 1. The molecule has 0 aliphatic heterocycles. The molecular weight excluding hydrogens is 320 g/mol. The van der Waals surface area contributed by atoms with E-state index in [-0.39, 0.29) is 6.61 Å². The molecule has 0 heterocycles. The van der Waals surface area contributed by atoms with Gasteiger partial charge in [0.05, 0.1) is 31.1 Å². The lowest BCUT2D eigenvalue weighted by Gasteiger charge is -2.17. The number of ether oxygens (including phenoxy) is 3. The third-order valence-electron chi connectivity index (χ3n) is 3.91. The Balaban J connectivity index is 2.29. The van der Waals surface area contributed by atoms with Crippen molar-refractivity contribution >= 4 is 11.7 Å². The zero-order valence-corrected chi connectivity index (χ0v) is 15.8. The first-order chi connectivity index (χ1) is 12.1. The van der Waals surface area contributed by atoms with E-state index in [0.717, 1.165) is 32.5 Å². The van der Waals surface area contributed by atoms with E-state index in [4.69, 9.17) is 19.9 Å². The number of anilines is 1. The van der Waals surface area contributed by atoms with Crippen LogP contribution in [0.3, 0.4) is 0 Å². The van der Waals surface area contributed by atoms with Crippen molar-refractivity contribution in [1.82, 2.24) is 4.90 Å². The van der Waals surface area contributed by atoms with Crippen LogP contribution in [-0.2, 0) is 9.47 Å². The maximum absolute atomic E-state index is 12.0. The minimum absolute atomic E-state index is 0.228. The minimum Gasteiger partial charge on any atom is -0.491 e. The number of nitrogens with two attached hydrogens (primary N) is 1. The quantitative estimate of drug-likeness (QED) is 0.334. The van der Waals surface area contributed by atoms with Crippen LogP contribution in [-0.4, -0.2) is 56.9 Å². The van der Waals surface area contributed by atoms with Crippen molar-refractivity contribution in [2.45, 2.75) is 33.6 Å². The Labute approximate surface area is 151 Å². The molecule has 1 rings (SSSR count). The number of benzene rings is 1. The average molecular weight is 352 g/mol. The largest absolute Gasteiger partial charge is 0.491 e. The van der Waals surface area contributed by atoms with Gasteiger partial charge in [0.15, 0.2) is 0 Å². The summed E-state index contributed by atoms with van der Waals surface area (Å²) in [6.07, 6.45) is 2.03. The molecular formula is C19H32N2O4. The fourth-order valence-electron chi connectivity index (χ4n) is 2.25. The molecule has 2 N–H and O–H groups in total. The summed E-state index contributed by atoms with van der Waals surface area (Å²) in [6, 6.07) is 4.97. The fraction of sp³-hybridized carbons (Fsp3) is 0.632. The molecule has 0 radical (unpaired) electrons. The maximum atomic E-state index is 12.0. The molecule has 142 valence electrons. The number of nitrogens with zero attached hydrogens (tertiary/aromatic N) is 1. The smallest absolute Gasteiger partial charge is 0.338 e. The van der Waals surface area contributed by atoms with Gasteiger partial charge in [-0.3, -0.25) is 0 Å². The summed E-state index contributed by atoms with van der Waals surface area (Å²) in [5.41, 5.74) is 6.79. The number of rotatable bonds is 13. The number of carbonyl (C=O) groups is 1. The van der Waals surface area contributed by atoms with Crippen LogP contribution >= 0.6 is 0 Å².